The van der Waals surface area contributed by atoms with Crippen molar-refractivity contribution in [2.24, 2.45) is 0 Å². The molecule has 0 saturated carbocycles. The third kappa shape index (κ3) is 13.5. The van der Waals surface area contributed by atoms with Gasteiger partial charge >= 0.3 is 12.0 Å². The Labute approximate surface area is 138 Å². The number of aliphatic carboxylic acids is 1. The number of carboxylic acid groups (broad SMARTS) is 1. The zero-order valence-corrected chi connectivity index (χ0v) is 14.0. The van der Waals surface area contributed by atoms with Gasteiger partial charge in [-0.3, -0.25) is 10.1 Å². The van der Waals surface area contributed by atoms with Crippen molar-refractivity contribution in [2.45, 2.75) is 70.8 Å². The molecule has 0 aromatic heterocycles. The summed E-state index contributed by atoms with van der Waals surface area (Å²) in [6.45, 7) is 2.20. The van der Waals surface area contributed by atoms with Gasteiger partial charge in [0, 0.05) is 11.3 Å². The second-order valence-electron chi connectivity index (χ2n) is 5.45. The zero-order chi connectivity index (χ0) is 17.3. The largest absolute Gasteiger partial charge is 0.476 e. The van der Waals surface area contributed by atoms with E-state index in [0.717, 1.165) is 19.3 Å². The average molecular weight is 323 g/mol. The van der Waals surface area contributed by atoms with Gasteiger partial charge in [0.15, 0.2) is 0 Å². The maximum atomic E-state index is 10.6. The maximum absolute atomic E-state index is 10.6. The molecule has 0 bridgehead atoms. The van der Waals surface area contributed by atoms with Gasteiger partial charge in [0.05, 0.1) is 0 Å². The summed E-state index contributed by atoms with van der Waals surface area (Å²) in [6, 6.07) is -1.48. The summed E-state index contributed by atoms with van der Waals surface area (Å²) in [4.78, 5) is 20.4. The van der Waals surface area contributed by atoms with Crippen LogP contribution < -0.4 is 0 Å². The molecule has 1 unspecified atom stereocenters. The van der Waals surface area contributed by atoms with E-state index in [1.54, 1.807) is 0 Å². The lowest BCUT2D eigenvalue weighted by Gasteiger charge is -2.02. The van der Waals surface area contributed by atoms with Crippen molar-refractivity contribution in [3.63, 3.8) is 0 Å². The van der Waals surface area contributed by atoms with Crippen LogP contribution in [-0.2, 0) is 4.79 Å². The summed E-state index contributed by atoms with van der Waals surface area (Å²) in [5, 5.41) is 19.2. The number of unbranched alkanes of at least 4 members (excludes halogenated alkanes) is 4. The minimum absolute atomic E-state index is 0.0747. The summed E-state index contributed by atoms with van der Waals surface area (Å²) in [5.74, 6) is -1.36. The predicted molar refractivity (Wildman–Crippen MR) is 93.1 cm³/mol. The van der Waals surface area contributed by atoms with Gasteiger partial charge in [0.1, 0.15) is 0 Å². The van der Waals surface area contributed by atoms with E-state index in [4.69, 9.17) is 5.11 Å². The normalized spacial score (nSPS) is 13.3. The molecule has 5 heteroatoms. The summed E-state index contributed by atoms with van der Waals surface area (Å²) in [6.07, 6.45) is 20.6. The standard InChI is InChI=1S/C18H29NO4/c1-2-3-4-5-6-7-8-9-10-11-12-13-14-15-16-17(18(20)21)19(22)23/h6-7,9-10,12-13,17H,2-5,8,11,14-16H2,1H3,(H,20,21)/b7-6+,10-9+,13-12+. The molecule has 0 aromatic carbocycles. The van der Waals surface area contributed by atoms with Crippen LogP contribution in [0.1, 0.15) is 64.7 Å². The van der Waals surface area contributed by atoms with E-state index in [1.807, 2.05) is 12.2 Å². The van der Waals surface area contributed by atoms with Crippen LogP contribution in [0.5, 0.6) is 0 Å². The molecule has 0 rings (SSSR count). The average Bonchev–Trinajstić information content (AvgIpc) is 2.50. The highest BCUT2D eigenvalue weighted by Crippen LogP contribution is 2.06. The number of nitrogens with zero attached hydrogens (tertiary/aromatic N) is 1. The number of carbonyl (C=O) groups is 1. The van der Waals surface area contributed by atoms with E-state index < -0.39 is 16.9 Å². The molecule has 0 saturated heterocycles. The third-order valence-corrected chi connectivity index (χ3v) is 3.41. The molecule has 0 radical (unpaired) electrons. The van der Waals surface area contributed by atoms with Gasteiger partial charge in [0.2, 0.25) is 0 Å². The molecular formula is C18H29NO4. The van der Waals surface area contributed by atoms with Crippen LogP contribution in [0.25, 0.3) is 0 Å². The molecule has 130 valence electrons. The Bertz CT molecular complexity index is 399. The first-order chi connectivity index (χ1) is 11.1. The van der Waals surface area contributed by atoms with Gasteiger partial charge in [-0.05, 0) is 38.5 Å². The molecule has 0 amide bonds. The summed E-state index contributed by atoms with van der Waals surface area (Å²) in [7, 11) is 0. The Morgan fingerprint density at radius 2 is 1.52 bits per heavy atom. The van der Waals surface area contributed by atoms with Crippen LogP contribution in [-0.4, -0.2) is 22.0 Å². The molecule has 0 aromatic rings. The molecule has 1 atom stereocenters. The van der Waals surface area contributed by atoms with Crippen LogP contribution in [0.2, 0.25) is 0 Å². The molecular weight excluding hydrogens is 294 g/mol. The van der Waals surface area contributed by atoms with Crippen molar-refractivity contribution in [3.05, 3.63) is 46.6 Å². The van der Waals surface area contributed by atoms with Crippen LogP contribution in [0.15, 0.2) is 36.5 Å². The topological polar surface area (TPSA) is 80.4 Å². The minimum atomic E-state index is -1.48. The van der Waals surface area contributed by atoms with E-state index >= 15 is 0 Å². The molecule has 0 heterocycles. The van der Waals surface area contributed by atoms with Crippen LogP contribution >= 0.6 is 0 Å². The van der Waals surface area contributed by atoms with Crippen molar-refractivity contribution >= 4 is 5.97 Å². The van der Waals surface area contributed by atoms with Gasteiger partial charge < -0.3 is 5.11 Å². The van der Waals surface area contributed by atoms with Gasteiger partial charge in [-0.15, -0.1) is 0 Å². The predicted octanol–water partition coefficient (Wildman–Crippen LogP) is 4.92. The highest BCUT2D eigenvalue weighted by Gasteiger charge is 2.27. The number of rotatable bonds is 14. The number of hydrogen-bond donors (Lipinski definition) is 1. The Kier molecular flexibility index (Phi) is 13.8. The number of nitro groups is 1. The molecule has 5 nitrogen and oxygen atoms in total. The lowest BCUT2D eigenvalue weighted by Crippen LogP contribution is -2.28. The zero-order valence-electron chi connectivity index (χ0n) is 14.0. The minimum Gasteiger partial charge on any atom is -0.476 e. The lowest BCUT2D eigenvalue weighted by molar-refractivity contribution is -0.511. The smallest absolute Gasteiger partial charge is 0.379 e. The molecule has 0 aliphatic heterocycles. The second-order valence-corrected chi connectivity index (χ2v) is 5.45. The van der Waals surface area contributed by atoms with Crippen molar-refractivity contribution in [1.82, 2.24) is 0 Å². The number of carboxylic acids is 1. The van der Waals surface area contributed by atoms with E-state index in [2.05, 4.69) is 31.2 Å². The van der Waals surface area contributed by atoms with Crippen molar-refractivity contribution in [3.8, 4) is 0 Å². The summed E-state index contributed by atoms with van der Waals surface area (Å²) >= 11 is 0. The summed E-state index contributed by atoms with van der Waals surface area (Å²) < 4.78 is 0. The fraction of sp³-hybridized carbons (Fsp3) is 0.611. The molecule has 23 heavy (non-hydrogen) atoms. The highest BCUT2D eigenvalue weighted by molar-refractivity contribution is 5.71. The van der Waals surface area contributed by atoms with Gasteiger partial charge in [-0.1, -0.05) is 56.2 Å². The first-order valence-electron chi connectivity index (χ1n) is 8.40. The fourth-order valence-electron chi connectivity index (χ4n) is 2.04. The Hall–Kier alpha value is -1.91. The van der Waals surface area contributed by atoms with E-state index in [0.29, 0.717) is 12.8 Å². The van der Waals surface area contributed by atoms with E-state index in [9.17, 15) is 14.9 Å². The Morgan fingerprint density at radius 1 is 1.00 bits per heavy atom. The van der Waals surface area contributed by atoms with Crippen molar-refractivity contribution < 1.29 is 14.8 Å². The molecule has 0 aliphatic rings. The Balaban J connectivity index is 3.62. The van der Waals surface area contributed by atoms with Crippen LogP contribution in [0, 0.1) is 10.1 Å². The molecule has 0 spiro atoms. The van der Waals surface area contributed by atoms with Gasteiger partial charge in [0.25, 0.3) is 0 Å². The van der Waals surface area contributed by atoms with Crippen molar-refractivity contribution in [1.29, 1.82) is 0 Å². The van der Waals surface area contributed by atoms with E-state index in [1.165, 1.54) is 19.3 Å². The maximum Gasteiger partial charge on any atom is 0.379 e. The number of allylic oxidation sites excluding steroid dienone is 6. The second kappa shape index (κ2) is 15.0. The lowest BCUT2D eigenvalue weighted by atomic mass is 10.1. The van der Waals surface area contributed by atoms with Crippen LogP contribution in [0.3, 0.4) is 0 Å². The van der Waals surface area contributed by atoms with E-state index in [-0.39, 0.29) is 6.42 Å². The fourth-order valence-corrected chi connectivity index (χ4v) is 2.04. The van der Waals surface area contributed by atoms with Crippen molar-refractivity contribution in [2.75, 3.05) is 0 Å². The quantitative estimate of drug-likeness (QED) is 0.213. The SMILES string of the molecule is CCCCC/C=C/C/C=C/C/C=C/CCCC(C(=O)O)[N+](=O)[O-]. The van der Waals surface area contributed by atoms with Gasteiger partial charge in [-0.25, -0.2) is 4.79 Å². The molecule has 0 aliphatic carbocycles. The third-order valence-electron chi connectivity index (χ3n) is 3.41. The summed E-state index contributed by atoms with van der Waals surface area (Å²) in [5.41, 5.74) is 0. The van der Waals surface area contributed by atoms with Gasteiger partial charge in [-0.2, -0.15) is 0 Å². The molecule has 1 N–H and O–H groups in total. The Morgan fingerprint density at radius 3 is 2.00 bits per heavy atom. The monoisotopic (exact) mass is 323 g/mol. The first-order valence-corrected chi connectivity index (χ1v) is 8.40. The molecule has 0 fully saturated rings. The number of hydrogen-bond acceptors (Lipinski definition) is 3. The first kappa shape index (κ1) is 21.1. The van der Waals surface area contributed by atoms with Crippen LogP contribution in [0.4, 0.5) is 0 Å². The highest BCUT2D eigenvalue weighted by atomic mass is 16.6.